The third kappa shape index (κ3) is 3.62. The second-order valence-electron chi connectivity index (χ2n) is 4.75. The van der Waals surface area contributed by atoms with Crippen molar-refractivity contribution in [2.45, 2.75) is 12.0 Å². The van der Waals surface area contributed by atoms with Crippen LogP contribution in [0.1, 0.15) is 6.42 Å². The first-order valence-corrected chi connectivity index (χ1v) is 6.29. The van der Waals surface area contributed by atoms with Crippen molar-refractivity contribution in [1.29, 1.82) is 0 Å². The molecule has 0 aliphatic carbocycles. The number of likely N-dealkylation sites (N-methyl/N-ethyl adjacent to an activating group) is 1. The van der Waals surface area contributed by atoms with Gasteiger partial charge in [-0.3, -0.25) is 4.79 Å². The minimum Gasteiger partial charge on any atom is -0.386 e. The molecule has 1 aromatic rings. The number of rotatable bonds is 5. The molecule has 1 atom stereocenters. The summed E-state index contributed by atoms with van der Waals surface area (Å²) in [6.45, 7) is 1.61. The normalized spacial score (nSPS) is 22.5. The van der Waals surface area contributed by atoms with Gasteiger partial charge in [-0.25, -0.2) is 9.97 Å². The zero-order valence-corrected chi connectivity index (χ0v) is 11.0. The summed E-state index contributed by atoms with van der Waals surface area (Å²) in [5.41, 5.74) is -0.914. The maximum Gasteiger partial charge on any atom is 0.234 e. The van der Waals surface area contributed by atoms with Crippen molar-refractivity contribution in [2.24, 2.45) is 0 Å². The molecule has 0 saturated carbocycles. The number of β-amino-alcohol motifs (C(OH)–C–C–N with tert-alkyl or cyclic N) is 1. The molecule has 2 heterocycles. The highest BCUT2D eigenvalue weighted by Gasteiger charge is 2.37. The van der Waals surface area contributed by atoms with E-state index in [9.17, 15) is 9.90 Å². The molecule has 1 aliphatic heterocycles. The minimum absolute atomic E-state index is 0.120. The summed E-state index contributed by atoms with van der Waals surface area (Å²) >= 11 is 0. The zero-order valence-electron chi connectivity index (χ0n) is 11.0. The predicted molar refractivity (Wildman–Crippen MR) is 70.7 cm³/mol. The number of hydrogen-bond acceptors (Lipinski definition) is 6. The lowest BCUT2D eigenvalue weighted by atomic mass is 10.0. The Kier molecular flexibility index (Phi) is 4.28. The van der Waals surface area contributed by atoms with E-state index in [1.807, 2.05) is 4.90 Å². The van der Waals surface area contributed by atoms with E-state index in [0.29, 0.717) is 25.5 Å². The maximum atomic E-state index is 11.4. The van der Waals surface area contributed by atoms with Crippen LogP contribution in [0.3, 0.4) is 0 Å². The van der Waals surface area contributed by atoms with Gasteiger partial charge in [0.2, 0.25) is 11.9 Å². The lowest BCUT2D eigenvalue weighted by Crippen LogP contribution is -2.46. The fraction of sp³-hybridized carbons (Fsp3) is 0.583. The third-order valence-electron chi connectivity index (χ3n) is 3.12. The summed E-state index contributed by atoms with van der Waals surface area (Å²) in [5, 5.41) is 15.9. The van der Waals surface area contributed by atoms with E-state index in [4.69, 9.17) is 0 Å². The zero-order chi connectivity index (χ0) is 13.7. The molecule has 1 aromatic heterocycles. The van der Waals surface area contributed by atoms with Crippen LogP contribution in [-0.2, 0) is 4.79 Å². The summed E-state index contributed by atoms with van der Waals surface area (Å²) in [6, 6.07) is 1.75. The van der Waals surface area contributed by atoms with Crippen LogP contribution in [0.15, 0.2) is 18.5 Å². The molecule has 7 heteroatoms. The molecule has 1 saturated heterocycles. The second-order valence-corrected chi connectivity index (χ2v) is 4.75. The van der Waals surface area contributed by atoms with Gasteiger partial charge in [0.1, 0.15) is 5.60 Å². The van der Waals surface area contributed by atoms with Gasteiger partial charge in [0.25, 0.3) is 0 Å². The molecule has 2 rings (SSSR count). The van der Waals surface area contributed by atoms with Crippen LogP contribution in [0.5, 0.6) is 0 Å². The molecule has 0 radical (unpaired) electrons. The number of amides is 1. The first kappa shape index (κ1) is 13.7. The average Bonchev–Trinajstić information content (AvgIpc) is 2.81. The lowest BCUT2D eigenvalue weighted by molar-refractivity contribution is -0.121. The van der Waals surface area contributed by atoms with Crippen molar-refractivity contribution in [3.05, 3.63) is 18.5 Å². The summed E-state index contributed by atoms with van der Waals surface area (Å²) in [5.74, 6) is 0.491. The quantitative estimate of drug-likeness (QED) is 0.616. The van der Waals surface area contributed by atoms with E-state index in [2.05, 4.69) is 20.6 Å². The molecule has 7 nitrogen and oxygen atoms in total. The number of anilines is 1. The second kappa shape index (κ2) is 5.94. The molecule has 3 N–H and O–H groups in total. The van der Waals surface area contributed by atoms with Gasteiger partial charge in [-0.2, -0.15) is 0 Å². The highest BCUT2D eigenvalue weighted by molar-refractivity contribution is 5.78. The Morgan fingerprint density at radius 2 is 2.26 bits per heavy atom. The molecule has 1 fully saturated rings. The van der Waals surface area contributed by atoms with Gasteiger partial charge in [-0.1, -0.05) is 0 Å². The molecule has 0 bridgehead atoms. The van der Waals surface area contributed by atoms with Gasteiger partial charge >= 0.3 is 0 Å². The van der Waals surface area contributed by atoms with Gasteiger partial charge in [0, 0.05) is 25.5 Å². The number of nitrogens with one attached hydrogen (secondary N) is 2. The van der Waals surface area contributed by atoms with Crippen LogP contribution in [0.4, 0.5) is 5.95 Å². The first-order valence-electron chi connectivity index (χ1n) is 6.29. The number of aromatic nitrogens is 2. The molecule has 104 valence electrons. The molecule has 0 aromatic carbocycles. The Balaban J connectivity index is 1.88. The van der Waals surface area contributed by atoms with E-state index < -0.39 is 5.60 Å². The first-order chi connectivity index (χ1) is 9.13. The number of carbonyl (C=O) groups excluding carboxylic acids is 1. The van der Waals surface area contributed by atoms with Crippen molar-refractivity contribution < 1.29 is 9.90 Å². The molecule has 0 unspecified atom stereocenters. The van der Waals surface area contributed by atoms with Crippen LogP contribution in [0.25, 0.3) is 0 Å². The van der Waals surface area contributed by atoms with Gasteiger partial charge < -0.3 is 20.6 Å². The van der Waals surface area contributed by atoms with Gasteiger partial charge in [-0.15, -0.1) is 0 Å². The van der Waals surface area contributed by atoms with E-state index in [0.717, 1.165) is 0 Å². The molecule has 1 amide bonds. The van der Waals surface area contributed by atoms with Gasteiger partial charge in [-0.05, 0) is 19.5 Å². The fourth-order valence-corrected chi connectivity index (χ4v) is 2.11. The smallest absolute Gasteiger partial charge is 0.234 e. The average molecular weight is 265 g/mol. The monoisotopic (exact) mass is 265 g/mol. The van der Waals surface area contributed by atoms with Crippen molar-refractivity contribution in [3.63, 3.8) is 0 Å². The Morgan fingerprint density at radius 3 is 2.95 bits per heavy atom. The molecule has 1 aliphatic rings. The lowest BCUT2D eigenvalue weighted by Gasteiger charge is -2.23. The van der Waals surface area contributed by atoms with Crippen LogP contribution < -0.4 is 15.5 Å². The highest BCUT2D eigenvalue weighted by atomic mass is 16.3. The van der Waals surface area contributed by atoms with Crippen LogP contribution in [0.2, 0.25) is 0 Å². The topological polar surface area (TPSA) is 90.4 Å². The molecule has 0 spiro atoms. The van der Waals surface area contributed by atoms with Crippen molar-refractivity contribution in [2.75, 3.05) is 38.1 Å². The van der Waals surface area contributed by atoms with Crippen molar-refractivity contribution in [3.8, 4) is 0 Å². The Morgan fingerprint density at radius 1 is 1.53 bits per heavy atom. The van der Waals surface area contributed by atoms with E-state index in [1.54, 1.807) is 25.5 Å². The summed E-state index contributed by atoms with van der Waals surface area (Å²) < 4.78 is 0. The fourth-order valence-electron chi connectivity index (χ4n) is 2.11. The third-order valence-corrected chi connectivity index (χ3v) is 3.12. The Hall–Kier alpha value is -1.73. The number of carbonyl (C=O) groups is 1. The predicted octanol–water partition coefficient (Wildman–Crippen LogP) is -1.25. The SMILES string of the molecule is CNCC(=O)NC[C@@]1(O)CCN(c2ncccn2)C1. The highest BCUT2D eigenvalue weighted by Crippen LogP contribution is 2.23. The number of aliphatic hydroxyl groups is 1. The van der Waals surface area contributed by atoms with Crippen LogP contribution in [-0.4, -0.2) is 59.8 Å². The van der Waals surface area contributed by atoms with Crippen molar-refractivity contribution >= 4 is 11.9 Å². The van der Waals surface area contributed by atoms with Crippen LogP contribution >= 0.6 is 0 Å². The van der Waals surface area contributed by atoms with E-state index in [-0.39, 0.29) is 19.0 Å². The van der Waals surface area contributed by atoms with E-state index in [1.165, 1.54) is 0 Å². The van der Waals surface area contributed by atoms with E-state index >= 15 is 0 Å². The van der Waals surface area contributed by atoms with Gasteiger partial charge in [0.15, 0.2) is 0 Å². The maximum absolute atomic E-state index is 11.4. The van der Waals surface area contributed by atoms with Crippen LogP contribution in [0, 0.1) is 0 Å². The summed E-state index contributed by atoms with van der Waals surface area (Å²) in [7, 11) is 1.71. The standard InChI is InChI=1S/C12H19N5O2/c1-13-7-10(18)16-8-12(19)3-6-17(9-12)11-14-4-2-5-15-11/h2,4-5,13,19H,3,6-9H2,1H3,(H,16,18)/t12-/m0/s1. The summed E-state index contributed by atoms with van der Waals surface area (Å²) in [6.07, 6.45) is 3.94. The number of nitrogens with zero attached hydrogens (tertiary/aromatic N) is 3. The number of hydrogen-bond donors (Lipinski definition) is 3. The molecular formula is C12H19N5O2. The van der Waals surface area contributed by atoms with Gasteiger partial charge in [0.05, 0.1) is 13.1 Å². The molecular weight excluding hydrogens is 246 g/mol. The minimum atomic E-state index is -0.914. The summed E-state index contributed by atoms with van der Waals surface area (Å²) in [4.78, 5) is 21.6. The Bertz CT molecular complexity index is 427. The Labute approximate surface area is 112 Å². The largest absolute Gasteiger partial charge is 0.386 e. The molecule has 19 heavy (non-hydrogen) atoms. The van der Waals surface area contributed by atoms with Crippen molar-refractivity contribution in [1.82, 2.24) is 20.6 Å².